The molecule has 3 atom stereocenters. The van der Waals surface area contributed by atoms with Gasteiger partial charge in [-0.25, -0.2) is 4.98 Å². The van der Waals surface area contributed by atoms with E-state index in [1.54, 1.807) is 11.3 Å². The van der Waals surface area contributed by atoms with Crippen molar-refractivity contribution in [3.63, 3.8) is 0 Å². The summed E-state index contributed by atoms with van der Waals surface area (Å²) in [5.41, 5.74) is 5.17. The minimum Gasteiger partial charge on any atom is -0.488 e. The molecule has 6 rings (SSSR count). The van der Waals surface area contributed by atoms with Gasteiger partial charge < -0.3 is 19.6 Å². The minimum absolute atomic E-state index is 0.120. The van der Waals surface area contributed by atoms with E-state index in [9.17, 15) is 14.7 Å². The molecule has 0 spiro atoms. The van der Waals surface area contributed by atoms with Crippen molar-refractivity contribution in [2.24, 2.45) is 17.3 Å². The SMILES string of the molecule is Cc1ccc(OCc2ccc(C(=O)N3CCCCC3)cc2C)c(-c2csc(N3C[C@H]4CC[C@@H](C3)C4(C)C(=O)O)n2)c1. The van der Waals surface area contributed by atoms with E-state index in [-0.39, 0.29) is 17.7 Å². The lowest BCUT2D eigenvalue weighted by Gasteiger charge is -2.42. The molecule has 3 fully saturated rings. The Labute approximate surface area is 246 Å². The largest absolute Gasteiger partial charge is 0.488 e. The molecule has 7 nitrogen and oxygen atoms in total. The van der Waals surface area contributed by atoms with Crippen LogP contribution in [-0.2, 0) is 11.4 Å². The van der Waals surface area contributed by atoms with E-state index in [2.05, 4.69) is 29.3 Å². The molecule has 2 saturated heterocycles. The summed E-state index contributed by atoms with van der Waals surface area (Å²) >= 11 is 1.61. The lowest BCUT2D eigenvalue weighted by atomic mass is 9.71. The normalized spacial score (nSPS) is 24.0. The molecule has 1 saturated carbocycles. The standard InChI is InChI=1S/C33H39N3O4S/c1-21-7-12-29(40-19-24-9-8-23(16-22(24)2)30(37)35-13-5-4-6-14-35)27(15-21)28-20-41-32(34-28)36-17-25-10-11-26(18-36)33(25,3)31(38)39/h7-9,12,15-16,20,25-26H,4-6,10-11,13-14,17-19H2,1-3H3,(H,38,39)/t25-,26+,33?. The number of aromatic nitrogens is 1. The second-order valence-electron chi connectivity index (χ2n) is 12.3. The second kappa shape index (κ2) is 11.1. The van der Waals surface area contributed by atoms with Crippen LogP contribution in [0.2, 0.25) is 0 Å². The summed E-state index contributed by atoms with van der Waals surface area (Å²) < 4.78 is 6.37. The van der Waals surface area contributed by atoms with Gasteiger partial charge in [0.15, 0.2) is 5.13 Å². The van der Waals surface area contributed by atoms with E-state index in [0.717, 1.165) is 96.3 Å². The third-order valence-corrected chi connectivity index (χ3v) is 10.6. The number of amides is 1. The molecule has 1 N–H and O–H groups in total. The molecule has 216 valence electrons. The van der Waals surface area contributed by atoms with Gasteiger partial charge in [0.25, 0.3) is 5.91 Å². The fourth-order valence-electron chi connectivity index (χ4n) is 6.94. The fourth-order valence-corrected chi connectivity index (χ4v) is 7.78. The van der Waals surface area contributed by atoms with Gasteiger partial charge in [0.2, 0.25) is 0 Å². The maximum Gasteiger partial charge on any atom is 0.310 e. The zero-order valence-electron chi connectivity index (χ0n) is 24.2. The number of carbonyl (C=O) groups is 2. The topological polar surface area (TPSA) is 83.0 Å². The molecule has 1 amide bonds. The van der Waals surface area contributed by atoms with Gasteiger partial charge in [0, 0.05) is 42.7 Å². The van der Waals surface area contributed by atoms with Crippen molar-refractivity contribution >= 4 is 28.3 Å². The maximum absolute atomic E-state index is 13.0. The first-order valence-corrected chi connectivity index (χ1v) is 15.7. The molecule has 41 heavy (non-hydrogen) atoms. The average Bonchev–Trinajstić information content (AvgIpc) is 3.51. The van der Waals surface area contributed by atoms with Crippen molar-refractivity contribution in [2.75, 3.05) is 31.1 Å². The molecule has 1 unspecified atom stereocenters. The number of nitrogens with zero attached hydrogens (tertiary/aromatic N) is 3. The first-order valence-electron chi connectivity index (χ1n) is 14.8. The van der Waals surface area contributed by atoms with Crippen LogP contribution in [0.1, 0.15) is 66.1 Å². The number of thiazole rings is 1. The Morgan fingerprint density at radius 3 is 2.46 bits per heavy atom. The van der Waals surface area contributed by atoms with Gasteiger partial charge in [-0.2, -0.15) is 0 Å². The van der Waals surface area contributed by atoms with Crippen LogP contribution in [0.25, 0.3) is 11.3 Å². The van der Waals surface area contributed by atoms with Crippen LogP contribution >= 0.6 is 11.3 Å². The number of hydrogen-bond donors (Lipinski definition) is 1. The van der Waals surface area contributed by atoms with Gasteiger partial charge in [-0.3, -0.25) is 9.59 Å². The Balaban J connectivity index is 1.17. The molecule has 1 aromatic heterocycles. The number of fused-ring (bicyclic) bond motifs is 2. The molecule has 2 aliphatic heterocycles. The number of aliphatic carboxylic acids is 1. The number of anilines is 1. The molecular weight excluding hydrogens is 534 g/mol. The van der Waals surface area contributed by atoms with Gasteiger partial charge in [0.1, 0.15) is 12.4 Å². The molecule has 3 aromatic rings. The number of carboxylic acids is 1. The number of hydrogen-bond acceptors (Lipinski definition) is 6. The predicted octanol–water partition coefficient (Wildman–Crippen LogP) is 6.57. The molecular formula is C33H39N3O4S. The molecule has 2 aromatic carbocycles. The van der Waals surface area contributed by atoms with E-state index >= 15 is 0 Å². The van der Waals surface area contributed by atoms with Crippen LogP contribution in [0.5, 0.6) is 5.75 Å². The monoisotopic (exact) mass is 573 g/mol. The Kier molecular flexibility index (Phi) is 7.53. The Morgan fingerprint density at radius 1 is 1.05 bits per heavy atom. The van der Waals surface area contributed by atoms with E-state index in [0.29, 0.717) is 6.61 Å². The zero-order valence-corrected chi connectivity index (χ0v) is 25.0. The highest BCUT2D eigenvalue weighted by molar-refractivity contribution is 7.14. The quantitative estimate of drug-likeness (QED) is 0.344. The Hall–Kier alpha value is -3.39. The van der Waals surface area contributed by atoms with Crippen molar-refractivity contribution in [2.45, 2.75) is 59.5 Å². The van der Waals surface area contributed by atoms with Gasteiger partial charge in [-0.1, -0.05) is 17.7 Å². The highest BCUT2D eigenvalue weighted by Gasteiger charge is 2.56. The molecule has 3 aliphatic rings. The van der Waals surface area contributed by atoms with Gasteiger partial charge in [0.05, 0.1) is 11.1 Å². The minimum atomic E-state index is -0.662. The Morgan fingerprint density at radius 2 is 1.78 bits per heavy atom. The fraction of sp³-hybridized carbons (Fsp3) is 0.485. The summed E-state index contributed by atoms with van der Waals surface area (Å²) in [6, 6.07) is 12.1. The highest BCUT2D eigenvalue weighted by Crippen LogP contribution is 2.52. The lowest BCUT2D eigenvalue weighted by molar-refractivity contribution is -0.153. The molecule has 2 bridgehead atoms. The molecule has 3 heterocycles. The number of carbonyl (C=O) groups excluding carboxylic acids is 1. The number of rotatable bonds is 7. The molecule has 8 heteroatoms. The van der Waals surface area contributed by atoms with Crippen LogP contribution in [-0.4, -0.2) is 53.0 Å². The summed E-state index contributed by atoms with van der Waals surface area (Å²) in [6.45, 7) is 9.60. The first kappa shape index (κ1) is 27.8. The number of aryl methyl sites for hydroxylation is 2. The van der Waals surface area contributed by atoms with Gasteiger partial charge in [-0.15, -0.1) is 11.3 Å². The zero-order chi connectivity index (χ0) is 28.7. The van der Waals surface area contributed by atoms with Crippen molar-refractivity contribution in [1.82, 2.24) is 9.88 Å². The van der Waals surface area contributed by atoms with Crippen LogP contribution in [0.15, 0.2) is 41.8 Å². The second-order valence-corrected chi connectivity index (χ2v) is 13.1. The number of likely N-dealkylation sites (tertiary alicyclic amines) is 1. The summed E-state index contributed by atoms with van der Waals surface area (Å²) in [7, 11) is 0. The van der Waals surface area contributed by atoms with Crippen molar-refractivity contribution in [3.8, 4) is 17.0 Å². The highest BCUT2D eigenvalue weighted by atomic mass is 32.1. The lowest BCUT2D eigenvalue weighted by Crippen LogP contribution is -2.51. The number of ether oxygens (including phenoxy) is 1. The van der Waals surface area contributed by atoms with E-state index in [1.807, 2.05) is 43.0 Å². The van der Waals surface area contributed by atoms with E-state index in [4.69, 9.17) is 9.72 Å². The van der Waals surface area contributed by atoms with E-state index < -0.39 is 11.4 Å². The smallest absolute Gasteiger partial charge is 0.310 e. The van der Waals surface area contributed by atoms with Gasteiger partial charge >= 0.3 is 5.97 Å². The average molecular weight is 574 g/mol. The van der Waals surface area contributed by atoms with Crippen molar-refractivity contribution in [1.29, 1.82) is 0 Å². The van der Waals surface area contributed by atoms with Crippen LogP contribution in [0.4, 0.5) is 5.13 Å². The predicted molar refractivity (Wildman–Crippen MR) is 162 cm³/mol. The van der Waals surface area contributed by atoms with Gasteiger partial charge in [-0.05, 0) is 100 Å². The third-order valence-electron chi connectivity index (χ3n) is 9.69. The first-order chi connectivity index (χ1) is 19.7. The van der Waals surface area contributed by atoms with Crippen LogP contribution < -0.4 is 9.64 Å². The molecule has 1 aliphatic carbocycles. The Bertz CT molecular complexity index is 1450. The number of benzene rings is 2. The van der Waals surface area contributed by atoms with Crippen molar-refractivity contribution < 1.29 is 19.4 Å². The maximum atomic E-state index is 13.0. The third kappa shape index (κ3) is 5.23. The molecule has 0 radical (unpaired) electrons. The number of carboxylic acid groups (broad SMARTS) is 1. The van der Waals surface area contributed by atoms with Crippen LogP contribution in [0.3, 0.4) is 0 Å². The number of piperidine rings is 2. The summed E-state index contributed by atoms with van der Waals surface area (Å²) in [5.74, 6) is 0.527. The van der Waals surface area contributed by atoms with Crippen LogP contribution in [0, 0.1) is 31.1 Å². The summed E-state index contributed by atoms with van der Waals surface area (Å²) in [6.07, 6.45) is 5.29. The van der Waals surface area contributed by atoms with E-state index in [1.165, 1.54) is 6.42 Å². The summed E-state index contributed by atoms with van der Waals surface area (Å²) in [5, 5.41) is 12.9. The van der Waals surface area contributed by atoms with Crippen molar-refractivity contribution in [3.05, 3.63) is 64.0 Å². The summed E-state index contributed by atoms with van der Waals surface area (Å²) in [4.78, 5) is 34.3.